The molecule has 0 amide bonds. The van der Waals surface area contributed by atoms with Gasteiger partial charge in [0.1, 0.15) is 0 Å². The van der Waals surface area contributed by atoms with Crippen molar-refractivity contribution in [2.45, 2.75) is 32.2 Å². The molecule has 1 aromatic carbocycles. The average Bonchev–Trinajstić information content (AvgIpc) is 2.96. The summed E-state index contributed by atoms with van der Waals surface area (Å²) in [5.41, 5.74) is 9.51. The first kappa shape index (κ1) is 15.2. The topological polar surface area (TPSA) is 75.0 Å². The molecule has 118 valence electrons. The molecule has 0 bridgehead atoms. The van der Waals surface area contributed by atoms with Gasteiger partial charge < -0.3 is 10.6 Å². The molecule has 5 heteroatoms. The van der Waals surface area contributed by atoms with Crippen LogP contribution < -0.4 is 5.73 Å². The molecule has 0 unspecified atom stereocenters. The Labute approximate surface area is 130 Å². The minimum Gasteiger partial charge on any atom is -0.321 e. The predicted molar refractivity (Wildman–Crippen MR) is 87.7 cm³/mol. The van der Waals surface area contributed by atoms with E-state index in [1.807, 2.05) is 13.1 Å². The standard InChI is InChI=1S/C17H24N4O/c1-11-7-12(8-14-10-19-20-16(11)14)9-15(18)17(22)13-3-5-21(2)6-4-13/h7-8,10,13,15H,3-6,9,18H2,1-2H3,(H,19,20)/t15-/m1/s1. The van der Waals surface area contributed by atoms with Crippen LogP contribution in [-0.2, 0) is 11.2 Å². The van der Waals surface area contributed by atoms with Gasteiger partial charge in [0.25, 0.3) is 0 Å². The van der Waals surface area contributed by atoms with Crippen molar-refractivity contribution in [2.24, 2.45) is 11.7 Å². The molecule has 2 heterocycles. The smallest absolute Gasteiger partial charge is 0.153 e. The maximum absolute atomic E-state index is 12.5. The number of aryl methyl sites for hydroxylation is 1. The van der Waals surface area contributed by atoms with Gasteiger partial charge in [-0.05, 0) is 63.5 Å². The highest BCUT2D eigenvalue weighted by atomic mass is 16.1. The third-order valence-corrected chi connectivity index (χ3v) is 4.75. The SMILES string of the molecule is Cc1cc(C[C@@H](N)C(=O)C2CCN(C)CC2)cc2cn[nH]c12. The third kappa shape index (κ3) is 3.05. The highest BCUT2D eigenvalue weighted by Crippen LogP contribution is 2.22. The van der Waals surface area contributed by atoms with E-state index < -0.39 is 6.04 Å². The molecule has 0 spiro atoms. The Hall–Kier alpha value is -1.72. The van der Waals surface area contributed by atoms with Crippen LogP contribution in [0.25, 0.3) is 10.9 Å². The fraction of sp³-hybridized carbons (Fsp3) is 0.529. The summed E-state index contributed by atoms with van der Waals surface area (Å²) in [5, 5.41) is 8.14. The van der Waals surface area contributed by atoms with E-state index in [4.69, 9.17) is 5.73 Å². The van der Waals surface area contributed by atoms with Gasteiger partial charge in [-0.3, -0.25) is 9.89 Å². The lowest BCUT2D eigenvalue weighted by Crippen LogP contribution is -2.42. The molecule has 1 atom stereocenters. The number of benzene rings is 1. The summed E-state index contributed by atoms with van der Waals surface area (Å²) < 4.78 is 0. The van der Waals surface area contributed by atoms with E-state index in [0.29, 0.717) is 6.42 Å². The van der Waals surface area contributed by atoms with Crippen molar-refractivity contribution in [1.82, 2.24) is 15.1 Å². The molecule has 0 aliphatic carbocycles. The van der Waals surface area contributed by atoms with Crippen molar-refractivity contribution in [3.8, 4) is 0 Å². The van der Waals surface area contributed by atoms with Crippen LogP contribution in [0.4, 0.5) is 0 Å². The van der Waals surface area contributed by atoms with Crippen LogP contribution in [0, 0.1) is 12.8 Å². The summed E-state index contributed by atoms with van der Waals surface area (Å²) in [4.78, 5) is 14.8. The lowest BCUT2D eigenvalue weighted by atomic mass is 9.87. The van der Waals surface area contributed by atoms with E-state index in [0.717, 1.165) is 48.0 Å². The summed E-state index contributed by atoms with van der Waals surface area (Å²) in [5.74, 6) is 0.350. The van der Waals surface area contributed by atoms with Crippen molar-refractivity contribution in [3.63, 3.8) is 0 Å². The van der Waals surface area contributed by atoms with Crippen molar-refractivity contribution in [1.29, 1.82) is 0 Å². The number of nitrogens with one attached hydrogen (secondary N) is 1. The van der Waals surface area contributed by atoms with Crippen LogP contribution in [-0.4, -0.2) is 47.1 Å². The number of piperidine rings is 1. The van der Waals surface area contributed by atoms with Crippen molar-refractivity contribution in [2.75, 3.05) is 20.1 Å². The second-order valence-corrected chi connectivity index (χ2v) is 6.54. The van der Waals surface area contributed by atoms with Gasteiger partial charge in [-0.2, -0.15) is 5.10 Å². The highest BCUT2D eigenvalue weighted by molar-refractivity contribution is 5.87. The van der Waals surface area contributed by atoms with Gasteiger partial charge in [0.15, 0.2) is 5.78 Å². The zero-order valence-corrected chi connectivity index (χ0v) is 13.3. The molecule has 2 aromatic rings. The Morgan fingerprint density at radius 1 is 1.45 bits per heavy atom. The largest absolute Gasteiger partial charge is 0.321 e. The number of rotatable bonds is 4. The molecule has 1 aliphatic heterocycles. The summed E-state index contributed by atoms with van der Waals surface area (Å²) >= 11 is 0. The van der Waals surface area contributed by atoms with Gasteiger partial charge in [0.05, 0.1) is 17.8 Å². The van der Waals surface area contributed by atoms with Crippen LogP contribution >= 0.6 is 0 Å². The van der Waals surface area contributed by atoms with E-state index in [-0.39, 0.29) is 11.7 Å². The molecule has 0 radical (unpaired) electrons. The summed E-state index contributed by atoms with van der Waals surface area (Å²) in [6, 6.07) is 3.77. The number of Topliss-reactive ketones (excluding diaryl/α,β-unsaturated/α-hetero) is 1. The Morgan fingerprint density at radius 2 is 2.18 bits per heavy atom. The highest BCUT2D eigenvalue weighted by Gasteiger charge is 2.27. The minimum atomic E-state index is -0.405. The van der Waals surface area contributed by atoms with Gasteiger partial charge in [-0.25, -0.2) is 0 Å². The van der Waals surface area contributed by atoms with E-state index in [2.05, 4.69) is 34.3 Å². The number of nitrogens with zero attached hydrogens (tertiary/aromatic N) is 2. The van der Waals surface area contributed by atoms with Crippen molar-refractivity contribution >= 4 is 16.7 Å². The fourth-order valence-corrected chi connectivity index (χ4v) is 3.38. The predicted octanol–water partition coefficient (Wildman–Crippen LogP) is 1.65. The summed E-state index contributed by atoms with van der Waals surface area (Å²) in [7, 11) is 2.10. The number of likely N-dealkylation sites (tertiary alicyclic amines) is 1. The van der Waals surface area contributed by atoms with Gasteiger partial charge >= 0.3 is 0 Å². The molecule has 1 aliphatic rings. The maximum Gasteiger partial charge on any atom is 0.153 e. The second-order valence-electron chi connectivity index (χ2n) is 6.54. The number of ketones is 1. The molecule has 3 N–H and O–H groups in total. The van der Waals surface area contributed by atoms with Crippen LogP contribution in [0.3, 0.4) is 0 Å². The normalized spacial score (nSPS) is 18.7. The van der Waals surface area contributed by atoms with Gasteiger partial charge in [0, 0.05) is 11.3 Å². The quantitative estimate of drug-likeness (QED) is 0.900. The van der Waals surface area contributed by atoms with Gasteiger partial charge in [-0.1, -0.05) is 6.07 Å². The van der Waals surface area contributed by atoms with E-state index in [1.165, 1.54) is 0 Å². The average molecular weight is 300 g/mol. The van der Waals surface area contributed by atoms with Crippen LogP contribution in [0.15, 0.2) is 18.3 Å². The molecule has 0 saturated carbocycles. The van der Waals surface area contributed by atoms with Crippen LogP contribution in [0.2, 0.25) is 0 Å². The Bertz CT molecular complexity index is 670. The summed E-state index contributed by atoms with van der Waals surface area (Å²) in [6.45, 7) is 4.03. The number of nitrogens with two attached hydrogens (primary N) is 1. The fourth-order valence-electron chi connectivity index (χ4n) is 3.38. The van der Waals surface area contributed by atoms with Gasteiger partial charge in [-0.15, -0.1) is 0 Å². The van der Waals surface area contributed by atoms with Crippen LogP contribution in [0.1, 0.15) is 24.0 Å². The number of carbonyl (C=O) groups is 1. The zero-order valence-electron chi connectivity index (χ0n) is 13.3. The van der Waals surface area contributed by atoms with Crippen molar-refractivity contribution in [3.05, 3.63) is 29.5 Å². The van der Waals surface area contributed by atoms with Crippen LogP contribution in [0.5, 0.6) is 0 Å². The lowest BCUT2D eigenvalue weighted by molar-refractivity contribution is -0.125. The number of aromatic nitrogens is 2. The molecule has 1 saturated heterocycles. The maximum atomic E-state index is 12.5. The molecule has 5 nitrogen and oxygen atoms in total. The molecule has 3 rings (SSSR count). The second kappa shape index (κ2) is 6.18. The Morgan fingerprint density at radius 3 is 2.91 bits per heavy atom. The Kier molecular flexibility index (Phi) is 4.27. The number of H-pyrrole nitrogens is 1. The van der Waals surface area contributed by atoms with Gasteiger partial charge in [0.2, 0.25) is 0 Å². The number of fused-ring (bicyclic) bond motifs is 1. The molecular formula is C17H24N4O. The molecule has 22 heavy (non-hydrogen) atoms. The van der Waals surface area contributed by atoms with E-state index >= 15 is 0 Å². The monoisotopic (exact) mass is 300 g/mol. The van der Waals surface area contributed by atoms with Crippen molar-refractivity contribution < 1.29 is 4.79 Å². The number of hydrogen-bond acceptors (Lipinski definition) is 4. The first-order chi connectivity index (χ1) is 10.5. The first-order valence-electron chi connectivity index (χ1n) is 7.95. The van der Waals surface area contributed by atoms with E-state index in [9.17, 15) is 4.79 Å². The Balaban J connectivity index is 1.69. The molecular weight excluding hydrogens is 276 g/mol. The lowest BCUT2D eigenvalue weighted by Gasteiger charge is -2.29. The molecule has 1 fully saturated rings. The number of aromatic amines is 1. The third-order valence-electron chi connectivity index (χ3n) is 4.75. The molecule has 1 aromatic heterocycles. The number of hydrogen-bond donors (Lipinski definition) is 2. The zero-order chi connectivity index (χ0) is 15.7. The minimum absolute atomic E-state index is 0.130. The number of carbonyl (C=O) groups excluding carboxylic acids is 1. The first-order valence-corrected chi connectivity index (χ1v) is 7.95. The summed E-state index contributed by atoms with van der Waals surface area (Å²) in [6.07, 6.45) is 4.29. The van der Waals surface area contributed by atoms with E-state index in [1.54, 1.807) is 0 Å².